The molecule has 2 unspecified atom stereocenters. The molecule has 1 heterocycles. The lowest BCUT2D eigenvalue weighted by molar-refractivity contribution is 0.0114. The third kappa shape index (κ3) is 3.55. The minimum Gasteiger partial charge on any atom is -0.390 e. The summed E-state index contributed by atoms with van der Waals surface area (Å²) in [5.74, 6) is -0.749. The summed E-state index contributed by atoms with van der Waals surface area (Å²) in [6.45, 7) is 0.528. The molecule has 0 aliphatic carbocycles. The van der Waals surface area contributed by atoms with Crippen molar-refractivity contribution in [1.82, 2.24) is 10.3 Å². The van der Waals surface area contributed by atoms with Crippen molar-refractivity contribution >= 4 is 6.29 Å². The maximum atomic E-state index is 13.0. The molecular weight excluding hydrogens is 227 g/mol. The fourth-order valence-corrected chi connectivity index (χ4v) is 1.37. The van der Waals surface area contributed by atoms with E-state index in [1.807, 2.05) is 0 Å². The molecule has 0 aliphatic rings. The number of nitrogens with zero attached hydrogens (tertiary/aromatic N) is 1. The molecule has 0 radical (unpaired) electrons. The molecule has 0 saturated heterocycles. The van der Waals surface area contributed by atoms with Crippen LogP contribution in [0, 0.1) is 5.82 Å². The van der Waals surface area contributed by atoms with Crippen LogP contribution in [0.25, 0.3) is 0 Å². The zero-order valence-electron chi connectivity index (χ0n) is 9.43. The number of carbonyl (C=O) groups excluding carboxylic acids is 1. The van der Waals surface area contributed by atoms with E-state index in [0.717, 1.165) is 12.3 Å². The smallest absolute Gasteiger partial charge is 0.153 e. The van der Waals surface area contributed by atoms with Crippen molar-refractivity contribution in [2.75, 3.05) is 13.6 Å². The van der Waals surface area contributed by atoms with Gasteiger partial charge in [-0.15, -0.1) is 0 Å². The predicted molar refractivity (Wildman–Crippen MR) is 59.1 cm³/mol. The van der Waals surface area contributed by atoms with Crippen LogP contribution in [-0.4, -0.2) is 41.2 Å². The molecule has 17 heavy (non-hydrogen) atoms. The van der Waals surface area contributed by atoms with E-state index >= 15 is 0 Å². The highest BCUT2D eigenvalue weighted by Crippen LogP contribution is 2.18. The zero-order valence-corrected chi connectivity index (χ0v) is 9.43. The van der Waals surface area contributed by atoms with E-state index < -0.39 is 18.0 Å². The van der Waals surface area contributed by atoms with Crippen LogP contribution in [0.4, 0.5) is 4.39 Å². The van der Waals surface area contributed by atoms with Gasteiger partial charge in [0.05, 0.1) is 23.6 Å². The van der Waals surface area contributed by atoms with Gasteiger partial charge in [-0.1, -0.05) is 0 Å². The molecule has 6 heteroatoms. The van der Waals surface area contributed by atoms with Gasteiger partial charge in [0.25, 0.3) is 0 Å². The van der Waals surface area contributed by atoms with Crippen molar-refractivity contribution in [3.8, 4) is 0 Å². The van der Waals surface area contributed by atoms with Gasteiger partial charge in [-0.05, 0) is 26.1 Å². The lowest BCUT2D eigenvalue weighted by Crippen LogP contribution is -2.24. The second-order valence-electron chi connectivity index (χ2n) is 3.65. The Kier molecular flexibility index (Phi) is 5.14. The first-order valence-corrected chi connectivity index (χ1v) is 5.21. The third-order valence-electron chi connectivity index (χ3n) is 2.39. The van der Waals surface area contributed by atoms with Crippen LogP contribution in [0.2, 0.25) is 0 Å². The van der Waals surface area contributed by atoms with Crippen LogP contribution in [0.3, 0.4) is 0 Å². The highest BCUT2D eigenvalue weighted by molar-refractivity contribution is 5.75. The van der Waals surface area contributed by atoms with E-state index in [2.05, 4.69) is 10.3 Å². The number of aliphatic hydroxyl groups excluding tert-OH is 2. The molecule has 0 bridgehead atoms. The molecule has 0 spiro atoms. The van der Waals surface area contributed by atoms with Gasteiger partial charge < -0.3 is 15.5 Å². The SMILES string of the molecule is CNCCC(O)C(O)c1cc(C=O)c(F)cn1. The molecule has 0 saturated carbocycles. The predicted octanol–water partition coefficient (Wildman–Crippen LogP) is 0.0370. The maximum absolute atomic E-state index is 13.0. The summed E-state index contributed by atoms with van der Waals surface area (Å²) < 4.78 is 13.0. The molecule has 0 fully saturated rings. The largest absolute Gasteiger partial charge is 0.390 e. The molecule has 1 aromatic heterocycles. The molecule has 0 aromatic carbocycles. The van der Waals surface area contributed by atoms with E-state index in [-0.39, 0.29) is 11.3 Å². The number of aldehydes is 1. The highest BCUT2D eigenvalue weighted by atomic mass is 19.1. The van der Waals surface area contributed by atoms with Gasteiger partial charge in [-0.3, -0.25) is 9.78 Å². The summed E-state index contributed by atoms with van der Waals surface area (Å²) >= 11 is 0. The van der Waals surface area contributed by atoms with Crippen LogP contribution < -0.4 is 5.32 Å². The van der Waals surface area contributed by atoms with Crippen molar-refractivity contribution in [2.45, 2.75) is 18.6 Å². The molecule has 0 aliphatic heterocycles. The Bertz CT molecular complexity index is 387. The van der Waals surface area contributed by atoms with Gasteiger partial charge in [-0.25, -0.2) is 4.39 Å². The third-order valence-corrected chi connectivity index (χ3v) is 2.39. The van der Waals surface area contributed by atoms with Crippen molar-refractivity contribution in [2.24, 2.45) is 0 Å². The summed E-state index contributed by atoms with van der Waals surface area (Å²) in [5.41, 5.74) is -0.105. The first-order valence-electron chi connectivity index (χ1n) is 5.21. The zero-order chi connectivity index (χ0) is 12.8. The lowest BCUT2D eigenvalue weighted by Gasteiger charge is -2.17. The topological polar surface area (TPSA) is 82.5 Å². The van der Waals surface area contributed by atoms with Crippen LogP contribution >= 0.6 is 0 Å². The molecule has 94 valence electrons. The van der Waals surface area contributed by atoms with Gasteiger partial charge in [0, 0.05) is 0 Å². The number of hydrogen-bond donors (Lipinski definition) is 3. The van der Waals surface area contributed by atoms with Crippen LogP contribution in [0.15, 0.2) is 12.3 Å². The summed E-state index contributed by atoms with van der Waals surface area (Å²) in [4.78, 5) is 14.2. The van der Waals surface area contributed by atoms with E-state index in [0.29, 0.717) is 19.3 Å². The molecule has 1 rings (SSSR count). The Morgan fingerprint density at radius 3 is 2.88 bits per heavy atom. The fraction of sp³-hybridized carbons (Fsp3) is 0.455. The fourth-order valence-electron chi connectivity index (χ4n) is 1.37. The van der Waals surface area contributed by atoms with Gasteiger partial charge >= 0.3 is 0 Å². The number of carbonyl (C=O) groups is 1. The van der Waals surface area contributed by atoms with Crippen LogP contribution in [0.5, 0.6) is 0 Å². The first kappa shape index (κ1) is 13.7. The van der Waals surface area contributed by atoms with Crippen molar-refractivity contribution in [3.05, 3.63) is 29.3 Å². The van der Waals surface area contributed by atoms with Gasteiger partial charge in [0.2, 0.25) is 0 Å². The minimum atomic E-state index is -1.23. The quantitative estimate of drug-likeness (QED) is 0.613. The van der Waals surface area contributed by atoms with Crippen molar-refractivity contribution in [1.29, 1.82) is 0 Å². The summed E-state index contributed by atoms with van der Waals surface area (Å²) in [6, 6.07) is 1.13. The van der Waals surface area contributed by atoms with Crippen molar-refractivity contribution in [3.63, 3.8) is 0 Å². The molecule has 0 amide bonds. The highest BCUT2D eigenvalue weighted by Gasteiger charge is 2.20. The maximum Gasteiger partial charge on any atom is 0.153 e. The van der Waals surface area contributed by atoms with Gasteiger partial charge in [-0.2, -0.15) is 0 Å². The van der Waals surface area contributed by atoms with Crippen LogP contribution in [-0.2, 0) is 0 Å². The number of pyridine rings is 1. The molecule has 5 nitrogen and oxygen atoms in total. The van der Waals surface area contributed by atoms with E-state index in [1.165, 1.54) is 0 Å². The normalized spacial score (nSPS) is 14.4. The minimum absolute atomic E-state index is 0.0807. The summed E-state index contributed by atoms with van der Waals surface area (Å²) in [6.07, 6.45) is -0.726. The average Bonchev–Trinajstić information content (AvgIpc) is 2.35. The number of rotatable bonds is 6. The summed E-state index contributed by atoms with van der Waals surface area (Å²) in [7, 11) is 1.72. The number of aliphatic hydroxyl groups is 2. The Balaban J connectivity index is 2.81. The molecule has 1 aromatic rings. The average molecular weight is 242 g/mol. The second-order valence-corrected chi connectivity index (χ2v) is 3.65. The van der Waals surface area contributed by atoms with E-state index in [4.69, 9.17) is 0 Å². The number of halogens is 1. The Labute approximate surface area is 98.3 Å². The van der Waals surface area contributed by atoms with Crippen LogP contribution in [0.1, 0.15) is 28.6 Å². The number of nitrogens with one attached hydrogen (secondary N) is 1. The number of aromatic nitrogens is 1. The monoisotopic (exact) mass is 242 g/mol. The Morgan fingerprint density at radius 1 is 1.59 bits per heavy atom. The van der Waals surface area contributed by atoms with Gasteiger partial charge in [0.15, 0.2) is 12.1 Å². The summed E-state index contributed by atoms with van der Waals surface area (Å²) in [5, 5.41) is 22.2. The standard InChI is InChI=1S/C11H15FN2O3/c1-13-3-2-10(16)11(17)9-4-7(6-15)8(12)5-14-9/h4-6,10-11,13,16-17H,2-3H2,1H3. The van der Waals surface area contributed by atoms with Crippen molar-refractivity contribution < 1.29 is 19.4 Å². The molecule has 3 N–H and O–H groups in total. The van der Waals surface area contributed by atoms with Gasteiger partial charge in [0.1, 0.15) is 6.10 Å². The number of hydrogen-bond acceptors (Lipinski definition) is 5. The molecule has 2 atom stereocenters. The second kappa shape index (κ2) is 6.39. The van der Waals surface area contributed by atoms with E-state index in [1.54, 1.807) is 7.05 Å². The Morgan fingerprint density at radius 2 is 2.29 bits per heavy atom. The Hall–Kier alpha value is -1.37. The van der Waals surface area contributed by atoms with E-state index in [9.17, 15) is 19.4 Å². The first-order chi connectivity index (χ1) is 8.10. The molecular formula is C11H15FN2O3. The lowest BCUT2D eigenvalue weighted by atomic mass is 10.1.